The summed E-state index contributed by atoms with van der Waals surface area (Å²) in [6, 6.07) is 8.49. The van der Waals surface area contributed by atoms with Crippen LogP contribution in [0.5, 0.6) is 0 Å². The first-order valence-corrected chi connectivity index (χ1v) is 7.59. The highest BCUT2D eigenvalue weighted by atomic mass is 19.1. The Morgan fingerprint density at radius 3 is 2.76 bits per heavy atom. The molecule has 130 valence electrons. The van der Waals surface area contributed by atoms with E-state index in [9.17, 15) is 14.0 Å². The van der Waals surface area contributed by atoms with Crippen LogP contribution in [-0.2, 0) is 4.74 Å². The Bertz CT molecular complexity index is 879. The number of halogens is 1. The van der Waals surface area contributed by atoms with Crippen LogP contribution in [0.15, 0.2) is 53.2 Å². The molecule has 1 amide bonds. The lowest BCUT2D eigenvalue weighted by Crippen LogP contribution is -2.30. The number of aryl methyl sites for hydroxylation is 1. The van der Waals surface area contributed by atoms with Gasteiger partial charge in [0.1, 0.15) is 17.7 Å². The molecule has 7 nitrogen and oxygen atoms in total. The minimum atomic E-state index is -1.27. The number of nitrogens with one attached hydrogen (secondary N) is 1. The fourth-order valence-electron chi connectivity index (χ4n) is 2.45. The van der Waals surface area contributed by atoms with Crippen molar-refractivity contribution in [3.8, 4) is 0 Å². The number of aliphatic hydroxyl groups excluding tert-OH is 1. The van der Waals surface area contributed by atoms with Crippen LogP contribution in [0.25, 0.3) is 0 Å². The quantitative estimate of drug-likeness (QED) is 0.877. The Balaban J connectivity index is 1.85. The van der Waals surface area contributed by atoms with E-state index >= 15 is 0 Å². The van der Waals surface area contributed by atoms with E-state index < -0.39 is 36.4 Å². The Morgan fingerprint density at radius 2 is 2.12 bits per heavy atom. The standard InChI is InChI=1S/C17H16FN3O4/c1-10-8-21(16-13(18)7-12(9-22)25-16)17(24)20-14(10)19-15(23)11-5-3-2-4-6-11/h2-8,12,16,22H,9H2,1H3,(H,19,20,23,24)/t12-,16+/m0/s1. The maximum absolute atomic E-state index is 13.9. The molecule has 1 aromatic heterocycles. The number of carbonyl (C=O) groups excluding carboxylic acids is 1. The third-order valence-corrected chi connectivity index (χ3v) is 3.72. The summed E-state index contributed by atoms with van der Waals surface area (Å²) in [5.74, 6) is -0.989. The molecule has 25 heavy (non-hydrogen) atoms. The fraction of sp³-hybridized carbons (Fsp3) is 0.235. The van der Waals surface area contributed by atoms with E-state index in [1.165, 1.54) is 6.20 Å². The first-order valence-electron chi connectivity index (χ1n) is 7.59. The molecular formula is C17H16FN3O4. The second kappa shape index (κ2) is 6.96. The van der Waals surface area contributed by atoms with Crippen molar-refractivity contribution in [1.82, 2.24) is 9.55 Å². The fourth-order valence-corrected chi connectivity index (χ4v) is 2.45. The molecule has 0 unspecified atom stereocenters. The summed E-state index contributed by atoms with van der Waals surface area (Å²) in [7, 11) is 0. The molecule has 1 aliphatic rings. The molecule has 1 aromatic carbocycles. The summed E-state index contributed by atoms with van der Waals surface area (Å²) in [6.45, 7) is 1.24. The molecule has 2 aromatic rings. The van der Waals surface area contributed by atoms with Crippen LogP contribution in [-0.4, -0.2) is 33.3 Å². The largest absolute Gasteiger partial charge is 0.393 e. The molecule has 2 N–H and O–H groups in total. The van der Waals surface area contributed by atoms with Crippen LogP contribution in [0.1, 0.15) is 22.1 Å². The lowest BCUT2D eigenvalue weighted by molar-refractivity contribution is -0.0214. The van der Waals surface area contributed by atoms with Crippen molar-refractivity contribution in [3.05, 3.63) is 70.0 Å². The molecule has 0 aliphatic carbocycles. The Kier molecular flexibility index (Phi) is 4.73. The highest BCUT2D eigenvalue weighted by Gasteiger charge is 2.30. The van der Waals surface area contributed by atoms with Crippen molar-refractivity contribution in [1.29, 1.82) is 0 Å². The van der Waals surface area contributed by atoms with Gasteiger partial charge >= 0.3 is 5.69 Å². The molecule has 3 rings (SSSR count). The number of aliphatic hydroxyl groups is 1. The summed E-state index contributed by atoms with van der Waals surface area (Å²) < 4.78 is 20.2. The number of ether oxygens (including phenoxy) is 1. The number of amides is 1. The predicted molar refractivity (Wildman–Crippen MR) is 87.8 cm³/mol. The van der Waals surface area contributed by atoms with Gasteiger partial charge in [0.25, 0.3) is 5.91 Å². The van der Waals surface area contributed by atoms with Gasteiger partial charge in [-0.25, -0.2) is 9.18 Å². The molecule has 0 radical (unpaired) electrons. The molecule has 0 fully saturated rings. The van der Waals surface area contributed by atoms with Crippen molar-refractivity contribution in [2.75, 3.05) is 11.9 Å². The first-order chi connectivity index (χ1) is 12.0. The second-order valence-electron chi connectivity index (χ2n) is 5.54. The van der Waals surface area contributed by atoms with Gasteiger partial charge in [-0.3, -0.25) is 9.36 Å². The SMILES string of the molecule is Cc1cn([C@@H]2O[C@H](CO)C=C2F)c(=O)nc1NC(=O)c1ccccc1. The van der Waals surface area contributed by atoms with Crippen LogP contribution in [0.3, 0.4) is 0 Å². The average Bonchev–Trinajstić information content (AvgIpc) is 2.99. The van der Waals surface area contributed by atoms with Gasteiger partial charge in [-0.1, -0.05) is 18.2 Å². The van der Waals surface area contributed by atoms with Gasteiger partial charge in [0.2, 0.25) is 0 Å². The lowest BCUT2D eigenvalue weighted by Gasteiger charge is -2.17. The molecular weight excluding hydrogens is 329 g/mol. The minimum absolute atomic E-state index is 0.0937. The van der Waals surface area contributed by atoms with E-state index in [2.05, 4.69) is 10.3 Å². The van der Waals surface area contributed by atoms with Gasteiger partial charge < -0.3 is 15.2 Å². The number of nitrogens with zero attached hydrogens (tertiary/aromatic N) is 2. The average molecular weight is 345 g/mol. The number of benzene rings is 1. The molecule has 0 saturated heterocycles. The summed E-state index contributed by atoms with van der Waals surface area (Å²) in [5.41, 5.74) is 0.112. The first kappa shape index (κ1) is 17.0. The smallest absolute Gasteiger partial charge is 0.352 e. The molecule has 0 bridgehead atoms. The summed E-state index contributed by atoms with van der Waals surface area (Å²) in [5, 5.41) is 11.6. The van der Waals surface area contributed by atoms with E-state index in [1.807, 2.05) is 0 Å². The zero-order chi connectivity index (χ0) is 18.0. The molecule has 2 atom stereocenters. The summed E-state index contributed by atoms with van der Waals surface area (Å²) in [4.78, 5) is 28.2. The van der Waals surface area contributed by atoms with Crippen molar-refractivity contribution in [3.63, 3.8) is 0 Å². The van der Waals surface area contributed by atoms with Crippen LogP contribution in [0.2, 0.25) is 0 Å². The van der Waals surface area contributed by atoms with E-state index in [1.54, 1.807) is 37.3 Å². The van der Waals surface area contributed by atoms with Gasteiger partial charge in [-0.2, -0.15) is 4.98 Å². The zero-order valence-electron chi connectivity index (χ0n) is 13.3. The second-order valence-corrected chi connectivity index (χ2v) is 5.54. The predicted octanol–water partition coefficient (Wildman–Crippen LogP) is 1.55. The molecule has 1 aliphatic heterocycles. The Labute approximate surface area is 142 Å². The number of hydrogen-bond acceptors (Lipinski definition) is 5. The topological polar surface area (TPSA) is 93.4 Å². The highest BCUT2D eigenvalue weighted by molar-refractivity contribution is 6.03. The lowest BCUT2D eigenvalue weighted by atomic mass is 10.2. The zero-order valence-corrected chi connectivity index (χ0v) is 13.3. The molecule has 8 heteroatoms. The van der Waals surface area contributed by atoms with E-state index in [0.29, 0.717) is 11.1 Å². The van der Waals surface area contributed by atoms with E-state index in [4.69, 9.17) is 9.84 Å². The minimum Gasteiger partial charge on any atom is -0.393 e. The normalized spacial score (nSPS) is 19.6. The van der Waals surface area contributed by atoms with Gasteiger partial charge in [-0.15, -0.1) is 0 Å². The molecule has 0 spiro atoms. The highest BCUT2D eigenvalue weighted by Crippen LogP contribution is 2.29. The van der Waals surface area contributed by atoms with Crippen molar-refractivity contribution in [2.24, 2.45) is 0 Å². The van der Waals surface area contributed by atoms with Crippen LogP contribution >= 0.6 is 0 Å². The van der Waals surface area contributed by atoms with E-state index in [0.717, 1.165) is 10.6 Å². The molecule has 0 saturated carbocycles. The number of rotatable bonds is 4. The maximum atomic E-state index is 13.9. The van der Waals surface area contributed by atoms with Gasteiger partial charge in [-0.05, 0) is 25.1 Å². The number of hydrogen-bond donors (Lipinski definition) is 2. The van der Waals surface area contributed by atoms with Gasteiger partial charge in [0, 0.05) is 17.3 Å². The van der Waals surface area contributed by atoms with Crippen molar-refractivity contribution >= 4 is 11.7 Å². The maximum Gasteiger partial charge on any atom is 0.352 e. The Morgan fingerprint density at radius 1 is 1.40 bits per heavy atom. The third-order valence-electron chi connectivity index (χ3n) is 3.72. The van der Waals surface area contributed by atoms with Crippen LogP contribution in [0, 0.1) is 6.92 Å². The summed E-state index contributed by atoms with van der Waals surface area (Å²) >= 11 is 0. The van der Waals surface area contributed by atoms with Crippen LogP contribution < -0.4 is 11.0 Å². The third kappa shape index (κ3) is 3.49. The number of anilines is 1. The van der Waals surface area contributed by atoms with Gasteiger partial charge in [0.05, 0.1) is 6.61 Å². The number of carbonyl (C=O) groups is 1. The van der Waals surface area contributed by atoms with E-state index in [-0.39, 0.29) is 5.82 Å². The molecule has 2 heterocycles. The number of aromatic nitrogens is 2. The van der Waals surface area contributed by atoms with Crippen molar-refractivity contribution < 1.29 is 19.0 Å². The monoisotopic (exact) mass is 345 g/mol. The Hall–Kier alpha value is -2.84. The van der Waals surface area contributed by atoms with Gasteiger partial charge in [0.15, 0.2) is 6.23 Å². The van der Waals surface area contributed by atoms with Crippen molar-refractivity contribution in [2.45, 2.75) is 19.3 Å². The summed E-state index contributed by atoms with van der Waals surface area (Å²) in [6.07, 6.45) is 0.384. The van der Waals surface area contributed by atoms with Crippen LogP contribution in [0.4, 0.5) is 10.2 Å².